The first-order valence-electron chi connectivity index (χ1n) is 5.86. The van der Waals surface area contributed by atoms with E-state index >= 15 is 0 Å². The Labute approximate surface area is 123 Å². The van der Waals surface area contributed by atoms with Crippen molar-refractivity contribution in [1.29, 1.82) is 0 Å². The van der Waals surface area contributed by atoms with E-state index in [-0.39, 0.29) is 17.4 Å². The summed E-state index contributed by atoms with van der Waals surface area (Å²) in [6.07, 6.45) is 1.54. The predicted octanol–water partition coefficient (Wildman–Crippen LogP) is 2.15. The van der Waals surface area contributed by atoms with Crippen molar-refractivity contribution < 1.29 is 18.3 Å². The predicted molar refractivity (Wildman–Crippen MR) is 73.4 cm³/mol. The molecule has 1 aromatic heterocycles. The average Bonchev–Trinajstić information content (AvgIpc) is 2.84. The lowest BCUT2D eigenvalue weighted by Gasteiger charge is -2.07. The van der Waals surface area contributed by atoms with Crippen molar-refractivity contribution >= 4 is 23.4 Å². The highest BCUT2D eigenvalue weighted by Gasteiger charge is 2.08. The molecule has 0 unspecified atom stereocenters. The molecule has 2 aromatic rings. The van der Waals surface area contributed by atoms with E-state index in [1.54, 1.807) is 17.9 Å². The second-order valence-corrected chi connectivity index (χ2v) is 4.91. The molecule has 0 spiro atoms. The molecule has 0 radical (unpaired) electrons. The van der Waals surface area contributed by atoms with Gasteiger partial charge in [0.05, 0.1) is 5.75 Å². The molecule has 112 valence electrons. The first-order chi connectivity index (χ1) is 10.0. The number of carbonyl (C=O) groups is 1. The van der Waals surface area contributed by atoms with Crippen LogP contribution in [-0.2, 0) is 11.8 Å². The summed E-state index contributed by atoms with van der Waals surface area (Å²) >= 11 is 1.25. The summed E-state index contributed by atoms with van der Waals surface area (Å²) in [5, 5.41) is 10.8. The fraction of sp³-hybridized carbons (Fsp3) is 0.250. The van der Waals surface area contributed by atoms with Gasteiger partial charge in [-0.15, -0.1) is 10.2 Å². The molecule has 0 aliphatic rings. The summed E-state index contributed by atoms with van der Waals surface area (Å²) in [5.41, 5.74) is 0.500. The number of thioether (sulfide) groups is 1. The van der Waals surface area contributed by atoms with Gasteiger partial charge in [0.15, 0.2) is 5.16 Å². The third kappa shape index (κ3) is 4.71. The summed E-state index contributed by atoms with van der Waals surface area (Å²) in [6.45, 7) is -2.87. The first-order valence-corrected chi connectivity index (χ1v) is 6.84. The van der Waals surface area contributed by atoms with Gasteiger partial charge in [-0.3, -0.25) is 4.79 Å². The Kier molecular flexibility index (Phi) is 5.09. The third-order valence-electron chi connectivity index (χ3n) is 2.37. The number of benzene rings is 1. The number of ether oxygens (including phenoxy) is 1. The van der Waals surface area contributed by atoms with Crippen LogP contribution in [0.25, 0.3) is 0 Å². The number of anilines is 1. The quantitative estimate of drug-likeness (QED) is 0.827. The summed E-state index contributed by atoms with van der Waals surface area (Å²) in [5.74, 6) is -0.0241. The van der Waals surface area contributed by atoms with Gasteiger partial charge in [0.1, 0.15) is 12.1 Å². The molecule has 21 heavy (non-hydrogen) atoms. The fourth-order valence-electron chi connectivity index (χ4n) is 1.45. The van der Waals surface area contributed by atoms with E-state index in [2.05, 4.69) is 20.3 Å². The summed E-state index contributed by atoms with van der Waals surface area (Å²) in [6, 6.07) is 5.69. The third-order valence-corrected chi connectivity index (χ3v) is 3.40. The van der Waals surface area contributed by atoms with Crippen molar-refractivity contribution in [2.24, 2.45) is 7.05 Å². The van der Waals surface area contributed by atoms with Gasteiger partial charge in [-0.05, 0) is 24.3 Å². The number of nitrogens with zero attached hydrogens (tertiary/aromatic N) is 3. The number of carbonyl (C=O) groups excluding carboxylic acids is 1. The minimum atomic E-state index is -2.87. The summed E-state index contributed by atoms with van der Waals surface area (Å²) < 4.78 is 29.9. The van der Waals surface area contributed by atoms with Gasteiger partial charge in [-0.1, -0.05) is 11.8 Å². The highest BCUT2D eigenvalue weighted by atomic mass is 32.2. The van der Waals surface area contributed by atoms with Crippen LogP contribution in [0.1, 0.15) is 0 Å². The van der Waals surface area contributed by atoms with E-state index in [0.717, 1.165) is 0 Å². The summed E-state index contributed by atoms with van der Waals surface area (Å²) in [7, 11) is 1.78. The van der Waals surface area contributed by atoms with Gasteiger partial charge in [0.2, 0.25) is 5.91 Å². The molecule has 1 amide bonds. The van der Waals surface area contributed by atoms with Gasteiger partial charge in [-0.25, -0.2) is 0 Å². The Morgan fingerprint density at radius 2 is 2.14 bits per heavy atom. The molecular weight excluding hydrogens is 302 g/mol. The van der Waals surface area contributed by atoms with Crippen LogP contribution in [0.4, 0.5) is 14.5 Å². The summed E-state index contributed by atoms with van der Waals surface area (Å²) in [4.78, 5) is 11.7. The zero-order valence-corrected chi connectivity index (χ0v) is 11.8. The van der Waals surface area contributed by atoms with Crippen molar-refractivity contribution in [3.05, 3.63) is 30.6 Å². The highest BCUT2D eigenvalue weighted by Crippen LogP contribution is 2.18. The van der Waals surface area contributed by atoms with Crippen LogP contribution in [0, 0.1) is 0 Å². The molecule has 6 nitrogen and oxygen atoms in total. The van der Waals surface area contributed by atoms with Crippen molar-refractivity contribution in [1.82, 2.24) is 14.8 Å². The maximum absolute atomic E-state index is 12.0. The number of alkyl halides is 2. The van der Waals surface area contributed by atoms with Crippen LogP contribution in [0.3, 0.4) is 0 Å². The van der Waals surface area contributed by atoms with Crippen molar-refractivity contribution in [2.45, 2.75) is 11.8 Å². The van der Waals surface area contributed by atoms with Crippen LogP contribution in [0.15, 0.2) is 35.7 Å². The molecule has 1 heterocycles. The van der Waals surface area contributed by atoms with E-state index in [1.807, 2.05) is 0 Å². The van der Waals surface area contributed by atoms with Crippen molar-refractivity contribution in [3.63, 3.8) is 0 Å². The number of halogens is 2. The van der Waals surface area contributed by atoms with Crippen molar-refractivity contribution in [2.75, 3.05) is 11.1 Å². The molecule has 2 rings (SSSR count). The molecule has 0 bridgehead atoms. The Morgan fingerprint density at radius 1 is 1.43 bits per heavy atom. The van der Waals surface area contributed by atoms with Gasteiger partial charge >= 0.3 is 6.61 Å². The standard InChI is InChI=1S/C12H12F2N4O2S/c1-18-7-15-17-12(18)21-6-10(19)16-8-2-4-9(5-3-8)20-11(13)14/h2-5,7,11H,6H2,1H3,(H,16,19). The Bertz CT molecular complexity index is 604. The van der Waals surface area contributed by atoms with E-state index in [1.165, 1.54) is 36.0 Å². The Hall–Kier alpha value is -2.16. The SMILES string of the molecule is Cn1cnnc1SCC(=O)Nc1ccc(OC(F)F)cc1. The van der Waals surface area contributed by atoms with Gasteiger partial charge < -0.3 is 14.6 Å². The Morgan fingerprint density at radius 3 is 2.71 bits per heavy atom. The number of aryl methyl sites for hydroxylation is 1. The first kappa shape index (κ1) is 15.2. The largest absolute Gasteiger partial charge is 0.435 e. The molecule has 1 aromatic carbocycles. The van der Waals surface area contributed by atoms with Gasteiger partial charge in [0.25, 0.3) is 0 Å². The van der Waals surface area contributed by atoms with Crippen LogP contribution < -0.4 is 10.1 Å². The monoisotopic (exact) mass is 314 g/mol. The lowest BCUT2D eigenvalue weighted by molar-refractivity contribution is -0.113. The van der Waals surface area contributed by atoms with Crippen LogP contribution >= 0.6 is 11.8 Å². The van der Waals surface area contributed by atoms with Crippen LogP contribution in [0.5, 0.6) is 5.75 Å². The molecule has 9 heteroatoms. The average molecular weight is 314 g/mol. The zero-order chi connectivity index (χ0) is 15.2. The number of amides is 1. The van der Waals surface area contributed by atoms with Crippen LogP contribution in [-0.4, -0.2) is 33.0 Å². The van der Waals surface area contributed by atoms with E-state index < -0.39 is 6.61 Å². The second kappa shape index (κ2) is 7.02. The maximum Gasteiger partial charge on any atom is 0.387 e. The smallest absolute Gasteiger partial charge is 0.387 e. The number of hydrogen-bond donors (Lipinski definition) is 1. The Balaban J connectivity index is 1.83. The number of nitrogens with one attached hydrogen (secondary N) is 1. The minimum Gasteiger partial charge on any atom is -0.435 e. The molecule has 0 aliphatic heterocycles. The normalized spacial score (nSPS) is 10.7. The van der Waals surface area contributed by atoms with E-state index in [9.17, 15) is 13.6 Å². The highest BCUT2D eigenvalue weighted by molar-refractivity contribution is 7.99. The molecule has 0 saturated heterocycles. The van der Waals surface area contributed by atoms with Gasteiger partial charge in [-0.2, -0.15) is 8.78 Å². The zero-order valence-electron chi connectivity index (χ0n) is 11.0. The number of rotatable bonds is 6. The molecule has 0 aliphatic carbocycles. The molecule has 1 N–H and O–H groups in total. The second-order valence-electron chi connectivity index (χ2n) is 3.96. The molecular formula is C12H12F2N4O2S. The molecule has 0 saturated carbocycles. The maximum atomic E-state index is 12.0. The van der Waals surface area contributed by atoms with E-state index in [4.69, 9.17) is 0 Å². The van der Waals surface area contributed by atoms with Gasteiger partial charge in [0, 0.05) is 12.7 Å². The fourth-order valence-corrected chi connectivity index (χ4v) is 2.14. The van der Waals surface area contributed by atoms with Crippen molar-refractivity contribution in [3.8, 4) is 5.75 Å². The molecule has 0 fully saturated rings. The lowest BCUT2D eigenvalue weighted by atomic mass is 10.3. The minimum absolute atomic E-state index is 0.0384. The lowest BCUT2D eigenvalue weighted by Crippen LogP contribution is -2.14. The van der Waals surface area contributed by atoms with E-state index in [0.29, 0.717) is 10.8 Å². The molecule has 0 atom stereocenters. The van der Waals surface area contributed by atoms with Crippen LogP contribution in [0.2, 0.25) is 0 Å². The number of hydrogen-bond acceptors (Lipinski definition) is 5. The topological polar surface area (TPSA) is 69.0 Å². The number of aromatic nitrogens is 3.